The van der Waals surface area contributed by atoms with Crippen molar-refractivity contribution in [1.29, 1.82) is 0 Å². The van der Waals surface area contributed by atoms with Gasteiger partial charge < -0.3 is 15.3 Å². The molecule has 2 heterocycles. The third kappa shape index (κ3) is 1.72. The molecule has 0 atom stereocenters. The van der Waals surface area contributed by atoms with Crippen LogP contribution >= 0.6 is 0 Å². The van der Waals surface area contributed by atoms with Crippen molar-refractivity contribution in [2.45, 2.75) is 0 Å². The Kier molecular flexibility index (Phi) is 2.31. The van der Waals surface area contributed by atoms with E-state index in [0.717, 1.165) is 31.9 Å². The van der Waals surface area contributed by atoms with Crippen LogP contribution in [0.15, 0.2) is 18.3 Å². The van der Waals surface area contributed by atoms with Gasteiger partial charge in [0.05, 0.1) is 5.69 Å². The molecule has 2 N–H and O–H groups in total. The number of anilines is 1. The fraction of sp³-hybridized carbons (Fsp3) is 0.444. The van der Waals surface area contributed by atoms with Crippen molar-refractivity contribution >= 4 is 5.69 Å². The summed E-state index contributed by atoms with van der Waals surface area (Å²) in [6.07, 6.45) is 1.60. The van der Waals surface area contributed by atoms with E-state index in [2.05, 4.69) is 15.2 Å². The highest BCUT2D eigenvalue weighted by Crippen LogP contribution is 2.23. The minimum Gasteiger partial charge on any atom is -0.492 e. The van der Waals surface area contributed by atoms with Gasteiger partial charge in [0.25, 0.3) is 0 Å². The second kappa shape index (κ2) is 3.62. The van der Waals surface area contributed by atoms with Crippen LogP contribution in [0.5, 0.6) is 5.88 Å². The van der Waals surface area contributed by atoms with Gasteiger partial charge in [-0.05, 0) is 12.1 Å². The summed E-state index contributed by atoms with van der Waals surface area (Å²) in [4.78, 5) is 5.99. The molecular weight excluding hydrogens is 166 g/mol. The van der Waals surface area contributed by atoms with Gasteiger partial charge in [0.15, 0.2) is 0 Å². The van der Waals surface area contributed by atoms with Crippen LogP contribution in [-0.4, -0.2) is 36.3 Å². The Morgan fingerprint density at radius 2 is 2.15 bits per heavy atom. The number of nitrogens with one attached hydrogen (secondary N) is 1. The van der Waals surface area contributed by atoms with Crippen LogP contribution in [0.4, 0.5) is 5.69 Å². The summed E-state index contributed by atoms with van der Waals surface area (Å²) < 4.78 is 0. The van der Waals surface area contributed by atoms with E-state index in [-0.39, 0.29) is 5.88 Å². The fourth-order valence-corrected chi connectivity index (χ4v) is 1.54. The molecule has 0 radical (unpaired) electrons. The maximum atomic E-state index is 9.49. The monoisotopic (exact) mass is 179 g/mol. The zero-order valence-corrected chi connectivity index (χ0v) is 7.40. The van der Waals surface area contributed by atoms with E-state index in [9.17, 15) is 5.11 Å². The number of nitrogens with zero attached hydrogens (tertiary/aromatic N) is 2. The van der Waals surface area contributed by atoms with E-state index in [1.165, 1.54) is 0 Å². The van der Waals surface area contributed by atoms with Gasteiger partial charge in [-0.1, -0.05) is 0 Å². The first kappa shape index (κ1) is 8.31. The lowest BCUT2D eigenvalue weighted by molar-refractivity contribution is 0.449. The Morgan fingerprint density at radius 3 is 2.85 bits per heavy atom. The Labute approximate surface area is 77.2 Å². The van der Waals surface area contributed by atoms with Gasteiger partial charge in [-0.25, -0.2) is 4.98 Å². The third-order valence-electron chi connectivity index (χ3n) is 2.22. The van der Waals surface area contributed by atoms with Crippen molar-refractivity contribution in [3.63, 3.8) is 0 Å². The standard InChI is InChI=1S/C9H13N3O/c13-9-8(2-1-3-11-9)12-6-4-10-5-7-12/h1-3,10H,4-7H2,(H,11,13). The molecule has 1 aliphatic heterocycles. The van der Waals surface area contributed by atoms with Gasteiger partial charge in [0.2, 0.25) is 5.88 Å². The topological polar surface area (TPSA) is 48.4 Å². The molecule has 0 spiro atoms. The Bertz CT molecular complexity index is 284. The van der Waals surface area contributed by atoms with Gasteiger partial charge in [-0.3, -0.25) is 0 Å². The molecule has 1 aromatic heterocycles. The van der Waals surface area contributed by atoms with E-state index < -0.39 is 0 Å². The van der Waals surface area contributed by atoms with Crippen molar-refractivity contribution < 1.29 is 5.11 Å². The van der Waals surface area contributed by atoms with Gasteiger partial charge in [0, 0.05) is 32.4 Å². The zero-order valence-electron chi connectivity index (χ0n) is 7.40. The van der Waals surface area contributed by atoms with Crippen LogP contribution in [-0.2, 0) is 0 Å². The summed E-state index contributed by atoms with van der Waals surface area (Å²) in [7, 11) is 0. The molecule has 0 bridgehead atoms. The molecule has 2 rings (SSSR count). The largest absolute Gasteiger partial charge is 0.492 e. The number of piperazine rings is 1. The normalized spacial score (nSPS) is 17.4. The Balaban J connectivity index is 2.18. The molecule has 70 valence electrons. The predicted molar refractivity (Wildman–Crippen MR) is 51.0 cm³/mol. The molecule has 0 unspecified atom stereocenters. The van der Waals surface area contributed by atoms with E-state index in [4.69, 9.17) is 0 Å². The number of aromatic hydroxyl groups is 1. The smallest absolute Gasteiger partial charge is 0.235 e. The van der Waals surface area contributed by atoms with Crippen LogP contribution in [0.25, 0.3) is 0 Å². The lowest BCUT2D eigenvalue weighted by Crippen LogP contribution is -2.43. The first-order valence-electron chi connectivity index (χ1n) is 4.47. The third-order valence-corrected chi connectivity index (χ3v) is 2.22. The van der Waals surface area contributed by atoms with Gasteiger partial charge in [-0.15, -0.1) is 0 Å². The maximum absolute atomic E-state index is 9.49. The van der Waals surface area contributed by atoms with Crippen LogP contribution in [0.1, 0.15) is 0 Å². The minimum absolute atomic E-state index is 0.129. The van der Waals surface area contributed by atoms with Crippen molar-refractivity contribution in [2.24, 2.45) is 0 Å². The molecule has 1 fully saturated rings. The van der Waals surface area contributed by atoms with Crippen molar-refractivity contribution in [3.8, 4) is 5.88 Å². The fourth-order valence-electron chi connectivity index (χ4n) is 1.54. The van der Waals surface area contributed by atoms with Gasteiger partial charge in [-0.2, -0.15) is 0 Å². The lowest BCUT2D eigenvalue weighted by Gasteiger charge is -2.29. The van der Waals surface area contributed by atoms with Crippen LogP contribution in [0.3, 0.4) is 0 Å². The van der Waals surface area contributed by atoms with Crippen molar-refractivity contribution in [2.75, 3.05) is 31.1 Å². The van der Waals surface area contributed by atoms with Crippen LogP contribution in [0.2, 0.25) is 0 Å². The number of rotatable bonds is 1. The van der Waals surface area contributed by atoms with E-state index in [0.29, 0.717) is 0 Å². The summed E-state index contributed by atoms with van der Waals surface area (Å²) in [6.45, 7) is 3.79. The molecule has 1 aliphatic rings. The molecule has 0 amide bonds. The van der Waals surface area contributed by atoms with E-state index >= 15 is 0 Å². The average molecular weight is 179 g/mol. The zero-order chi connectivity index (χ0) is 9.10. The summed E-state index contributed by atoms with van der Waals surface area (Å²) in [5, 5.41) is 12.7. The molecule has 1 aromatic rings. The highest BCUT2D eigenvalue weighted by atomic mass is 16.3. The van der Waals surface area contributed by atoms with Crippen LogP contribution in [0, 0.1) is 0 Å². The van der Waals surface area contributed by atoms with E-state index in [1.807, 2.05) is 12.1 Å². The molecule has 4 nitrogen and oxygen atoms in total. The minimum atomic E-state index is 0.129. The number of pyridine rings is 1. The number of aromatic nitrogens is 1. The second-order valence-corrected chi connectivity index (χ2v) is 3.08. The van der Waals surface area contributed by atoms with Crippen LogP contribution < -0.4 is 10.2 Å². The van der Waals surface area contributed by atoms with Gasteiger partial charge in [0.1, 0.15) is 0 Å². The average Bonchev–Trinajstić information content (AvgIpc) is 2.20. The Hall–Kier alpha value is -1.29. The first-order valence-corrected chi connectivity index (χ1v) is 4.47. The molecule has 0 aromatic carbocycles. The van der Waals surface area contributed by atoms with Crippen molar-refractivity contribution in [1.82, 2.24) is 10.3 Å². The predicted octanol–water partition coefficient (Wildman–Crippen LogP) is 0.197. The summed E-state index contributed by atoms with van der Waals surface area (Å²) in [5.74, 6) is 0.129. The SMILES string of the molecule is Oc1ncccc1N1CCNCC1. The summed E-state index contributed by atoms with van der Waals surface area (Å²) >= 11 is 0. The summed E-state index contributed by atoms with van der Waals surface area (Å²) in [5.41, 5.74) is 0.837. The highest BCUT2D eigenvalue weighted by Gasteiger charge is 2.13. The summed E-state index contributed by atoms with van der Waals surface area (Å²) in [6, 6.07) is 3.74. The number of hydrogen-bond donors (Lipinski definition) is 2. The first-order chi connectivity index (χ1) is 6.38. The van der Waals surface area contributed by atoms with Crippen molar-refractivity contribution in [3.05, 3.63) is 18.3 Å². The lowest BCUT2D eigenvalue weighted by atomic mass is 10.3. The van der Waals surface area contributed by atoms with Gasteiger partial charge >= 0.3 is 0 Å². The molecule has 4 heteroatoms. The Morgan fingerprint density at radius 1 is 1.38 bits per heavy atom. The molecule has 13 heavy (non-hydrogen) atoms. The number of hydrogen-bond acceptors (Lipinski definition) is 4. The quantitative estimate of drug-likeness (QED) is 0.646. The van der Waals surface area contributed by atoms with E-state index in [1.54, 1.807) is 6.20 Å². The molecule has 0 aliphatic carbocycles. The molecular formula is C9H13N3O. The highest BCUT2D eigenvalue weighted by molar-refractivity contribution is 5.54. The molecule has 0 saturated carbocycles. The second-order valence-electron chi connectivity index (χ2n) is 3.08. The molecule has 1 saturated heterocycles. The maximum Gasteiger partial charge on any atom is 0.235 e.